The monoisotopic (exact) mass is 262 g/mol. The van der Waals surface area contributed by atoms with Gasteiger partial charge in [-0.15, -0.1) is 0 Å². The summed E-state index contributed by atoms with van der Waals surface area (Å²) in [6, 6.07) is 7.08. The molecule has 1 aromatic rings. The third kappa shape index (κ3) is 3.29. The minimum absolute atomic E-state index is 0.504. The van der Waals surface area contributed by atoms with Crippen LogP contribution in [-0.4, -0.2) is 17.0 Å². The molecule has 0 saturated carbocycles. The number of hydrogen-bond acceptors (Lipinski definition) is 3. The van der Waals surface area contributed by atoms with Gasteiger partial charge >= 0.3 is 0 Å². The van der Waals surface area contributed by atoms with Crippen LogP contribution in [-0.2, 0) is 6.42 Å². The summed E-state index contributed by atoms with van der Waals surface area (Å²) in [5, 5.41) is 4.54. The molecular formula is C15H22N2S. The van der Waals surface area contributed by atoms with Gasteiger partial charge in [0.25, 0.3) is 0 Å². The molecule has 0 saturated heterocycles. The van der Waals surface area contributed by atoms with Gasteiger partial charge in [0, 0.05) is 11.4 Å². The third-order valence-electron chi connectivity index (χ3n) is 3.44. The summed E-state index contributed by atoms with van der Waals surface area (Å²) in [6.07, 6.45) is 3.43. The molecule has 0 fully saturated rings. The maximum absolute atomic E-state index is 4.74. The summed E-state index contributed by atoms with van der Waals surface area (Å²) in [5.74, 6) is 1.18. The molecule has 1 aliphatic rings. The molecule has 1 atom stereocenters. The number of thioether (sulfide) groups is 1. The van der Waals surface area contributed by atoms with E-state index in [1.54, 1.807) is 0 Å². The van der Waals surface area contributed by atoms with Crippen molar-refractivity contribution in [1.29, 1.82) is 0 Å². The van der Waals surface area contributed by atoms with Gasteiger partial charge in [-0.1, -0.05) is 31.7 Å². The van der Waals surface area contributed by atoms with E-state index in [2.05, 4.69) is 44.3 Å². The highest BCUT2D eigenvalue weighted by Crippen LogP contribution is 2.22. The lowest BCUT2D eigenvalue weighted by Crippen LogP contribution is -2.19. The van der Waals surface area contributed by atoms with E-state index in [1.165, 1.54) is 29.0 Å². The number of nitrogens with zero attached hydrogens (tertiary/aromatic N) is 1. The fraction of sp³-hybridized carbons (Fsp3) is 0.533. The van der Waals surface area contributed by atoms with Gasteiger partial charge in [-0.05, 0) is 49.4 Å². The zero-order chi connectivity index (χ0) is 13.0. The van der Waals surface area contributed by atoms with Crippen LogP contribution in [0, 0.1) is 6.92 Å². The largest absolute Gasteiger partial charge is 0.335 e. The van der Waals surface area contributed by atoms with Crippen molar-refractivity contribution in [3.05, 3.63) is 29.3 Å². The van der Waals surface area contributed by atoms with Crippen molar-refractivity contribution in [2.45, 2.75) is 46.1 Å². The second-order valence-electron chi connectivity index (χ2n) is 4.75. The van der Waals surface area contributed by atoms with E-state index >= 15 is 0 Å². The smallest absolute Gasteiger partial charge is 0.161 e. The summed E-state index contributed by atoms with van der Waals surface area (Å²) in [4.78, 5) is 4.74. The highest BCUT2D eigenvalue weighted by molar-refractivity contribution is 8.14. The first kappa shape index (κ1) is 13.5. The number of hydrogen-bond donors (Lipinski definition) is 1. The summed E-state index contributed by atoms with van der Waals surface area (Å²) in [7, 11) is 0. The van der Waals surface area contributed by atoms with Crippen LogP contribution in [0.4, 0.5) is 5.69 Å². The number of rotatable bonds is 3. The molecule has 1 aromatic carbocycles. The maximum atomic E-state index is 4.74. The molecule has 0 spiro atoms. The average Bonchev–Trinajstić information content (AvgIpc) is 2.41. The number of benzene rings is 1. The van der Waals surface area contributed by atoms with Crippen molar-refractivity contribution in [3.63, 3.8) is 0 Å². The Hall–Kier alpha value is -0.960. The minimum atomic E-state index is 0.504. The zero-order valence-electron chi connectivity index (χ0n) is 11.5. The van der Waals surface area contributed by atoms with Crippen LogP contribution in [0.2, 0.25) is 0 Å². The third-order valence-corrected chi connectivity index (χ3v) is 4.36. The molecule has 1 unspecified atom stereocenters. The lowest BCUT2D eigenvalue weighted by molar-refractivity contribution is 0.634. The van der Waals surface area contributed by atoms with Gasteiger partial charge in [0.05, 0.1) is 6.04 Å². The SMILES string of the molecule is CCc1cc(NC2=NC(CC)CCS2)ccc1C. The number of nitrogens with one attached hydrogen (secondary N) is 1. The Kier molecular flexibility index (Phi) is 4.70. The lowest BCUT2D eigenvalue weighted by Gasteiger charge is -2.20. The van der Waals surface area contributed by atoms with Crippen LogP contribution in [0.1, 0.15) is 37.8 Å². The van der Waals surface area contributed by atoms with Gasteiger partial charge < -0.3 is 5.32 Å². The molecular weight excluding hydrogens is 240 g/mol. The Morgan fingerprint density at radius 1 is 1.39 bits per heavy atom. The van der Waals surface area contributed by atoms with E-state index < -0.39 is 0 Å². The molecule has 98 valence electrons. The van der Waals surface area contributed by atoms with Crippen molar-refractivity contribution in [1.82, 2.24) is 0 Å². The molecule has 1 N–H and O–H groups in total. The van der Waals surface area contributed by atoms with Crippen LogP contribution < -0.4 is 5.32 Å². The van der Waals surface area contributed by atoms with Crippen molar-refractivity contribution in [3.8, 4) is 0 Å². The van der Waals surface area contributed by atoms with E-state index in [4.69, 9.17) is 4.99 Å². The summed E-state index contributed by atoms with van der Waals surface area (Å²) in [5.41, 5.74) is 3.95. The van der Waals surface area contributed by atoms with E-state index in [1.807, 2.05) is 11.8 Å². The average molecular weight is 262 g/mol. The summed E-state index contributed by atoms with van der Waals surface area (Å²) in [6.45, 7) is 6.58. The first-order valence-electron chi connectivity index (χ1n) is 6.80. The molecule has 0 aromatic heterocycles. The molecule has 3 heteroatoms. The molecule has 2 nitrogen and oxygen atoms in total. The first-order chi connectivity index (χ1) is 8.72. The Morgan fingerprint density at radius 2 is 2.22 bits per heavy atom. The zero-order valence-corrected chi connectivity index (χ0v) is 12.3. The second-order valence-corrected chi connectivity index (χ2v) is 5.84. The highest BCUT2D eigenvalue weighted by atomic mass is 32.2. The molecule has 0 radical (unpaired) electrons. The standard InChI is InChI=1S/C15H22N2S/c1-4-12-10-14(7-6-11(12)3)17-15-16-13(5-2)8-9-18-15/h6-7,10,13H,4-5,8-9H2,1-3H3,(H,16,17). The van der Waals surface area contributed by atoms with E-state index in [9.17, 15) is 0 Å². The molecule has 1 aliphatic heterocycles. The number of aryl methyl sites for hydroxylation is 2. The van der Waals surface area contributed by atoms with Gasteiger partial charge in [0.2, 0.25) is 0 Å². The van der Waals surface area contributed by atoms with Gasteiger partial charge in [0.15, 0.2) is 5.17 Å². The summed E-state index contributed by atoms with van der Waals surface area (Å²) >= 11 is 1.83. The number of amidine groups is 1. The lowest BCUT2D eigenvalue weighted by atomic mass is 10.1. The van der Waals surface area contributed by atoms with E-state index in [-0.39, 0.29) is 0 Å². The topological polar surface area (TPSA) is 24.4 Å². The predicted octanol–water partition coefficient (Wildman–Crippen LogP) is 4.24. The Labute approximate surface area is 114 Å². The number of anilines is 1. The molecule has 0 amide bonds. The molecule has 0 aliphatic carbocycles. The van der Waals surface area contributed by atoms with Gasteiger partial charge in [0.1, 0.15) is 0 Å². The Morgan fingerprint density at radius 3 is 2.94 bits per heavy atom. The Bertz CT molecular complexity index is 440. The minimum Gasteiger partial charge on any atom is -0.335 e. The molecule has 0 bridgehead atoms. The fourth-order valence-electron chi connectivity index (χ4n) is 2.18. The van der Waals surface area contributed by atoms with Crippen molar-refractivity contribution in [2.24, 2.45) is 4.99 Å². The molecule has 1 heterocycles. The normalized spacial score (nSPS) is 19.5. The van der Waals surface area contributed by atoms with Crippen LogP contribution >= 0.6 is 11.8 Å². The van der Waals surface area contributed by atoms with E-state index in [0.717, 1.165) is 18.0 Å². The van der Waals surface area contributed by atoms with Gasteiger partial charge in [-0.2, -0.15) is 0 Å². The second kappa shape index (κ2) is 6.28. The highest BCUT2D eigenvalue weighted by Gasteiger charge is 2.14. The van der Waals surface area contributed by atoms with Gasteiger partial charge in [-0.25, -0.2) is 0 Å². The first-order valence-corrected chi connectivity index (χ1v) is 7.78. The van der Waals surface area contributed by atoms with Gasteiger partial charge in [-0.3, -0.25) is 4.99 Å². The van der Waals surface area contributed by atoms with Crippen LogP contribution in [0.5, 0.6) is 0 Å². The Balaban J connectivity index is 2.11. The fourth-order valence-corrected chi connectivity index (χ4v) is 3.17. The van der Waals surface area contributed by atoms with Crippen molar-refractivity contribution >= 4 is 22.6 Å². The van der Waals surface area contributed by atoms with Crippen LogP contribution in [0.25, 0.3) is 0 Å². The van der Waals surface area contributed by atoms with Crippen LogP contribution in [0.3, 0.4) is 0 Å². The van der Waals surface area contributed by atoms with Crippen molar-refractivity contribution in [2.75, 3.05) is 11.1 Å². The van der Waals surface area contributed by atoms with Crippen molar-refractivity contribution < 1.29 is 0 Å². The molecule has 2 rings (SSSR count). The number of aliphatic imine (C=N–C) groups is 1. The van der Waals surface area contributed by atoms with Crippen LogP contribution in [0.15, 0.2) is 23.2 Å². The van der Waals surface area contributed by atoms with E-state index in [0.29, 0.717) is 6.04 Å². The maximum Gasteiger partial charge on any atom is 0.161 e. The quantitative estimate of drug-likeness (QED) is 0.881. The predicted molar refractivity (Wildman–Crippen MR) is 82.8 cm³/mol. The summed E-state index contributed by atoms with van der Waals surface area (Å²) < 4.78 is 0. The molecule has 18 heavy (non-hydrogen) atoms.